The van der Waals surface area contributed by atoms with Crippen molar-refractivity contribution < 1.29 is 18.7 Å². The summed E-state index contributed by atoms with van der Waals surface area (Å²) < 4.78 is 17.0. The van der Waals surface area contributed by atoms with Crippen LogP contribution in [0.25, 0.3) is 22.6 Å². The van der Waals surface area contributed by atoms with Gasteiger partial charge in [0, 0.05) is 16.8 Å². The van der Waals surface area contributed by atoms with Crippen LogP contribution >= 0.6 is 15.9 Å². The van der Waals surface area contributed by atoms with E-state index in [4.69, 9.17) is 13.9 Å². The third kappa shape index (κ3) is 3.95. The summed E-state index contributed by atoms with van der Waals surface area (Å²) in [6.45, 7) is 0. The Morgan fingerprint density at radius 2 is 1.90 bits per heavy atom. The molecule has 29 heavy (non-hydrogen) atoms. The van der Waals surface area contributed by atoms with Crippen LogP contribution in [-0.2, 0) is 0 Å². The average Bonchev–Trinajstić information content (AvgIpc) is 3.17. The van der Waals surface area contributed by atoms with E-state index in [0.29, 0.717) is 38.5 Å². The molecule has 7 heteroatoms. The Kier molecular flexibility index (Phi) is 5.22. The summed E-state index contributed by atoms with van der Waals surface area (Å²) in [5.41, 5.74) is 3.23. The van der Waals surface area contributed by atoms with Crippen molar-refractivity contribution in [3.8, 4) is 23.0 Å². The monoisotopic (exact) mass is 452 g/mol. The summed E-state index contributed by atoms with van der Waals surface area (Å²) in [4.78, 5) is 17.1. The van der Waals surface area contributed by atoms with Gasteiger partial charge in [0.05, 0.1) is 18.7 Å². The molecule has 0 bridgehead atoms. The molecule has 4 rings (SSSR count). The number of nitrogens with one attached hydrogen (secondary N) is 1. The highest BCUT2D eigenvalue weighted by Gasteiger charge is 2.12. The molecule has 0 aliphatic rings. The third-order valence-corrected chi connectivity index (χ3v) is 5.00. The van der Waals surface area contributed by atoms with E-state index in [2.05, 4.69) is 26.2 Å². The van der Waals surface area contributed by atoms with E-state index in [1.54, 1.807) is 50.6 Å². The first-order chi connectivity index (χ1) is 14.1. The second kappa shape index (κ2) is 7.97. The second-order valence-electron chi connectivity index (χ2n) is 6.24. The maximum absolute atomic E-state index is 12.6. The summed E-state index contributed by atoms with van der Waals surface area (Å²) in [5.74, 6) is 1.64. The highest BCUT2D eigenvalue weighted by atomic mass is 79.9. The number of hydrogen-bond acceptors (Lipinski definition) is 5. The molecule has 0 saturated heterocycles. The van der Waals surface area contributed by atoms with Gasteiger partial charge in [-0.3, -0.25) is 4.79 Å². The minimum atomic E-state index is -0.232. The number of benzene rings is 3. The van der Waals surface area contributed by atoms with Crippen molar-refractivity contribution in [1.29, 1.82) is 0 Å². The average molecular weight is 453 g/mol. The van der Waals surface area contributed by atoms with Crippen LogP contribution in [0.4, 0.5) is 5.69 Å². The second-order valence-corrected chi connectivity index (χ2v) is 7.09. The number of ether oxygens (including phenoxy) is 2. The number of halogens is 1. The molecule has 0 radical (unpaired) electrons. The van der Waals surface area contributed by atoms with Crippen LogP contribution in [0.5, 0.6) is 11.5 Å². The quantitative estimate of drug-likeness (QED) is 0.431. The number of rotatable bonds is 5. The number of carbonyl (C=O) groups is 1. The highest BCUT2D eigenvalue weighted by Crippen LogP contribution is 2.29. The van der Waals surface area contributed by atoms with Crippen molar-refractivity contribution in [2.24, 2.45) is 0 Å². The fraction of sp³-hybridized carbons (Fsp3) is 0.0909. The molecular weight excluding hydrogens is 436 g/mol. The van der Waals surface area contributed by atoms with Crippen molar-refractivity contribution in [3.05, 3.63) is 70.7 Å². The SMILES string of the molecule is COc1cccc(-c2nc3cc(NC(=O)c4ccc(OC)c(Br)c4)ccc3o2)c1. The van der Waals surface area contributed by atoms with Gasteiger partial charge in [-0.1, -0.05) is 6.07 Å². The molecule has 4 aromatic rings. The van der Waals surface area contributed by atoms with Gasteiger partial charge in [0.2, 0.25) is 5.89 Å². The number of nitrogens with zero attached hydrogens (tertiary/aromatic N) is 1. The van der Waals surface area contributed by atoms with E-state index in [1.165, 1.54) is 0 Å². The minimum absolute atomic E-state index is 0.232. The lowest BCUT2D eigenvalue weighted by Gasteiger charge is -2.07. The molecule has 0 aliphatic carbocycles. The maximum Gasteiger partial charge on any atom is 0.255 e. The smallest absolute Gasteiger partial charge is 0.255 e. The first kappa shape index (κ1) is 19.0. The van der Waals surface area contributed by atoms with Gasteiger partial charge in [0.15, 0.2) is 5.58 Å². The van der Waals surface area contributed by atoms with Crippen LogP contribution in [0.2, 0.25) is 0 Å². The molecule has 1 N–H and O–H groups in total. The first-order valence-electron chi connectivity index (χ1n) is 8.77. The Hall–Kier alpha value is -3.32. The predicted molar refractivity (Wildman–Crippen MR) is 115 cm³/mol. The van der Waals surface area contributed by atoms with Gasteiger partial charge in [-0.15, -0.1) is 0 Å². The normalized spacial score (nSPS) is 10.7. The molecule has 0 saturated carbocycles. The molecule has 0 unspecified atom stereocenters. The number of fused-ring (bicyclic) bond motifs is 1. The zero-order valence-electron chi connectivity index (χ0n) is 15.7. The van der Waals surface area contributed by atoms with E-state index in [0.717, 1.165) is 11.3 Å². The largest absolute Gasteiger partial charge is 0.497 e. The van der Waals surface area contributed by atoms with Crippen molar-refractivity contribution in [3.63, 3.8) is 0 Å². The molecule has 0 aliphatic heterocycles. The Balaban J connectivity index is 1.59. The first-order valence-corrected chi connectivity index (χ1v) is 9.56. The van der Waals surface area contributed by atoms with Crippen LogP contribution in [0, 0.1) is 0 Å². The van der Waals surface area contributed by atoms with Gasteiger partial charge in [-0.25, -0.2) is 4.98 Å². The summed E-state index contributed by atoms with van der Waals surface area (Å²) in [5, 5.41) is 2.88. The molecule has 146 valence electrons. The number of amides is 1. The number of aromatic nitrogens is 1. The van der Waals surface area contributed by atoms with Crippen LogP contribution in [0.1, 0.15) is 10.4 Å². The summed E-state index contributed by atoms with van der Waals surface area (Å²) in [6, 6.07) is 18.0. The van der Waals surface area contributed by atoms with E-state index in [9.17, 15) is 4.79 Å². The Morgan fingerprint density at radius 1 is 1.03 bits per heavy atom. The van der Waals surface area contributed by atoms with E-state index < -0.39 is 0 Å². The van der Waals surface area contributed by atoms with Crippen molar-refractivity contribution in [2.75, 3.05) is 19.5 Å². The fourth-order valence-corrected chi connectivity index (χ4v) is 3.44. The molecule has 1 amide bonds. The molecule has 0 spiro atoms. The lowest BCUT2D eigenvalue weighted by Crippen LogP contribution is -2.11. The summed E-state index contributed by atoms with van der Waals surface area (Å²) in [7, 11) is 3.19. The summed E-state index contributed by atoms with van der Waals surface area (Å²) in [6.07, 6.45) is 0. The third-order valence-electron chi connectivity index (χ3n) is 4.38. The standard InChI is InChI=1S/C22H17BrN2O4/c1-27-16-5-3-4-14(10-16)22-25-18-12-15(7-9-20(18)29-22)24-21(26)13-6-8-19(28-2)17(23)11-13/h3-12H,1-2H3,(H,24,26). The zero-order valence-corrected chi connectivity index (χ0v) is 17.3. The number of anilines is 1. The fourth-order valence-electron chi connectivity index (χ4n) is 2.90. The molecule has 0 atom stereocenters. The van der Waals surface area contributed by atoms with Crippen LogP contribution < -0.4 is 14.8 Å². The van der Waals surface area contributed by atoms with Crippen LogP contribution in [0.3, 0.4) is 0 Å². The lowest BCUT2D eigenvalue weighted by atomic mass is 10.2. The van der Waals surface area contributed by atoms with Gasteiger partial charge >= 0.3 is 0 Å². The zero-order chi connectivity index (χ0) is 20.4. The Bertz CT molecular complexity index is 1200. The molecule has 1 heterocycles. The highest BCUT2D eigenvalue weighted by molar-refractivity contribution is 9.10. The van der Waals surface area contributed by atoms with Gasteiger partial charge in [0.1, 0.15) is 17.0 Å². The topological polar surface area (TPSA) is 73.6 Å². The minimum Gasteiger partial charge on any atom is -0.497 e. The molecule has 1 aromatic heterocycles. The Labute approximate surface area is 175 Å². The van der Waals surface area contributed by atoms with Crippen molar-refractivity contribution in [1.82, 2.24) is 4.98 Å². The summed E-state index contributed by atoms with van der Waals surface area (Å²) >= 11 is 3.39. The number of carbonyl (C=O) groups excluding carboxylic acids is 1. The van der Waals surface area contributed by atoms with Gasteiger partial charge in [-0.05, 0) is 70.5 Å². The van der Waals surface area contributed by atoms with Crippen molar-refractivity contribution in [2.45, 2.75) is 0 Å². The van der Waals surface area contributed by atoms with E-state index >= 15 is 0 Å². The van der Waals surface area contributed by atoms with Crippen molar-refractivity contribution >= 4 is 38.6 Å². The molecular formula is C22H17BrN2O4. The maximum atomic E-state index is 12.6. The molecule has 0 fully saturated rings. The lowest BCUT2D eigenvalue weighted by molar-refractivity contribution is 0.102. The number of methoxy groups -OCH3 is 2. The Morgan fingerprint density at radius 3 is 2.66 bits per heavy atom. The number of hydrogen-bond donors (Lipinski definition) is 1. The number of oxazole rings is 1. The van der Waals surface area contributed by atoms with E-state index in [-0.39, 0.29) is 5.91 Å². The molecule has 3 aromatic carbocycles. The van der Waals surface area contributed by atoms with Crippen LogP contribution in [-0.4, -0.2) is 25.1 Å². The molecule has 6 nitrogen and oxygen atoms in total. The van der Waals surface area contributed by atoms with Gasteiger partial charge < -0.3 is 19.2 Å². The van der Waals surface area contributed by atoms with Crippen LogP contribution in [0.15, 0.2) is 69.6 Å². The van der Waals surface area contributed by atoms with E-state index in [1.807, 2.05) is 24.3 Å². The van der Waals surface area contributed by atoms with Gasteiger partial charge in [0.25, 0.3) is 5.91 Å². The van der Waals surface area contributed by atoms with Gasteiger partial charge in [-0.2, -0.15) is 0 Å². The predicted octanol–water partition coefficient (Wildman–Crippen LogP) is 5.53.